The van der Waals surface area contributed by atoms with Crippen LogP contribution in [0.1, 0.15) is 17.3 Å². The lowest BCUT2D eigenvalue weighted by atomic mass is 10.4. The number of hydrogen-bond acceptors (Lipinski definition) is 10. The van der Waals surface area contributed by atoms with Crippen molar-refractivity contribution in [3.8, 4) is 0 Å². The summed E-state index contributed by atoms with van der Waals surface area (Å²) in [6.07, 6.45) is 0.757. The molecule has 1 aliphatic heterocycles. The number of aliphatic imine (C=N–C) groups is 1. The Bertz CT molecular complexity index is 1030. The highest BCUT2D eigenvalue weighted by molar-refractivity contribution is 7.89. The van der Waals surface area contributed by atoms with Gasteiger partial charge in [0.05, 0.1) is 19.9 Å². The number of hydrogen-bond donors (Lipinski definition) is 2. The van der Waals surface area contributed by atoms with E-state index in [0.29, 0.717) is 4.31 Å². The molecule has 0 aliphatic carbocycles. The van der Waals surface area contributed by atoms with Crippen LogP contribution in [0.2, 0.25) is 0 Å². The van der Waals surface area contributed by atoms with Crippen molar-refractivity contribution in [2.75, 3.05) is 20.8 Å². The highest BCUT2D eigenvalue weighted by Gasteiger charge is 2.43. The molecule has 1 aliphatic rings. The molecule has 0 aromatic carbocycles. The molecule has 14 nitrogen and oxygen atoms in total. The Morgan fingerprint density at radius 3 is 2.50 bits per heavy atom. The normalized spacial score (nSPS) is 16.4. The van der Waals surface area contributed by atoms with E-state index in [0.717, 1.165) is 10.9 Å². The molecule has 15 heteroatoms. The quantitative estimate of drug-likeness (QED) is 0.480. The number of primary amides is 1. The summed E-state index contributed by atoms with van der Waals surface area (Å²) in [6.45, 7) is 1.54. The molecule has 1 atom stereocenters. The van der Waals surface area contributed by atoms with E-state index in [4.69, 9.17) is 19.9 Å². The van der Waals surface area contributed by atoms with E-state index in [1.807, 2.05) is 0 Å². The van der Waals surface area contributed by atoms with Crippen molar-refractivity contribution in [1.82, 2.24) is 19.4 Å². The Hall–Kier alpha value is -3.46. The number of amidine groups is 1. The first kappa shape index (κ1) is 22.8. The van der Waals surface area contributed by atoms with Gasteiger partial charge in [-0.25, -0.2) is 13.9 Å². The van der Waals surface area contributed by atoms with Gasteiger partial charge < -0.3 is 19.9 Å². The fourth-order valence-corrected chi connectivity index (χ4v) is 4.28. The van der Waals surface area contributed by atoms with Crippen molar-refractivity contribution in [1.29, 1.82) is 0 Å². The second-order valence-corrected chi connectivity index (χ2v) is 7.33. The third-order valence-corrected chi connectivity index (χ3v) is 5.59. The molecule has 3 amide bonds. The lowest BCUT2D eigenvalue weighted by Crippen LogP contribution is -2.54. The molecule has 164 valence electrons. The summed E-state index contributed by atoms with van der Waals surface area (Å²) in [5, 5.41) is 4.94. The number of carbonyl (C=O) groups is 3. The molecule has 0 saturated heterocycles. The van der Waals surface area contributed by atoms with Crippen molar-refractivity contribution in [3.05, 3.63) is 23.7 Å². The lowest BCUT2D eigenvalue weighted by Gasteiger charge is -2.32. The van der Waals surface area contributed by atoms with Gasteiger partial charge >= 0.3 is 12.0 Å². The van der Waals surface area contributed by atoms with Gasteiger partial charge in [0.15, 0.2) is 11.3 Å². The Morgan fingerprint density at radius 1 is 1.30 bits per heavy atom. The van der Waals surface area contributed by atoms with E-state index in [9.17, 15) is 22.8 Å². The first-order valence-electron chi connectivity index (χ1n) is 8.30. The van der Waals surface area contributed by atoms with Crippen molar-refractivity contribution in [2.45, 2.75) is 18.2 Å². The number of aromatic nitrogens is 2. The average molecular weight is 444 g/mol. The van der Waals surface area contributed by atoms with Crippen LogP contribution in [0.3, 0.4) is 0 Å². The van der Waals surface area contributed by atoms with Crippen LogP contribution in [-0.4, -0.2) is 73.3 Å². The van der Waals surface area contributed by atoms with Crippen LogP contribution in [0, 0.1) is 0 Å². The highest BCUT2D eigenvalue weighted by Crippen LogP contribution is 2.27. The molecule has 0 bridgehead atoms. The molecular formula is C15H20N6O8S. The van der Waals surface area contributed by atoms with Gasteiger partial charge in [-0.1, -0.05) is 0 Å². The fraction of sp³-hybridized carbons (Fsp3) is 0.400. The van der Waals surface area contributed by atoms with Gasteiger partial charge in [0.2, 0.25) is 11.7 Å². The Kier molecular flexibility index (Phi) is 6.78. The number of amides is 3. The Labute approximate surface area is 171 Å². The van der Waals surface area contributed by atoms with Gasteiger partial charge in [-0.05, 0) is 6.92 Å². The second-order valence-electron chi connectivity index (χ2n) is 5.60. The molecule has 0 saturated carbocycles. The number of rotatable bonds is 7. The van der Waals surface area contributed by atoms with Gasteiger partial charge in [-0.3, -0.25) is 14.8 Å². The number of urea groups is 1. The van der Waals surface area contributed by atoms with Gasteiger partial charge in [-0.15, -0.1) is 0 Å². The zero-order valence-corrected chi connectivity index (χ0v) is 17.3. The number of nitrogens with two attached hydrogens (primary N) is 1. The summed E-state index contributed by atoms with van der Waals surface area (Å²) >= 11 is 0. The molecule has 0 radical (unpaired) electrons. The predicted octanol–water partition coefficient (Wildman–Crippen LogP) is -1.35. The maximum absolute atomic E-state index is 13.5. The summed E-state index contributed by atoms with van der Waals surface area (Å²) < 4.78 is 43.4. The number of aryl methyl sites for hydroxylation is 1. The largest absolute Gasteiger partial charge is 0.481 e. The minimum Gasteiger partial charge on any atom is -0.481 e. The summed E-state index contributed by atoms with van der Waals surface area (Å²) in [5.41, 5.74) is 4.59. The Morgan fingerprint density at radius 2 is 1.97 bits per heavy atom. The van der Waals surface area contributed by atoms with Crippen molar-refractivity contribution < 1.29 is 37.0 Å². The zero-order valence-electron chi connectivity index (χ0n) is 16.5. The minimum absolute atomic E-state index is 0.00864. The SMILES string of the molecule is CCOC(=O)c1cnn(C)c1S(=O)(=O)N1C(C(=O)NC(N)=O)=NC(OC)=CC1OC. The number of sulfonamides is 1. The van der Waals surface area contributed by atoms with Crippen LogP contribution in [-0.2, 0) is 36.1 Å². The van der Waals surface area contributed by atoms with E-state index in [-0.39, 0.29) is 18.1 Å². The van der Waals surface area contributed by atoms with Crippen molar-refractivity contribution >= 4 is 33.8 Å². The standard InChI is InChI=1S/C15H20N6O8S/c1-5-29-14(23)8-7-17-20(2)13(8)30(25,26)21-10(28-4)6-9(27-3)18-11(21)12(22)19-15(16)24/h6-7,10H,5H2,1-4H3,(H3,16,19,22,24). The van der Waals surface area contributed by atoms with Gasteiger partial charge in [-0.2, -0.15) is 18.5 Å². The van der Waals surface area contributed by atoms with E-state index in [1.165, 1.54) is 27.3 Å². The number of nitrogens with one attached hydrogen (secondary N) is 1. The molecule has 1 aromatic rings. The number of ether oxygens (including phenoxy) is 3. The van der Waals surface area contributed by atoms with Crippen molar-refractivity contribution in [2.24, 2.45) is 17.8 Å². The van der Waals surface area contributed by atoms with E-state index >= 15 is 0 Å². The molecule has 0 spiro atoms. The fourth-order valence-electron chi connectivity index (χ4n) is 2.52. The monoisotopic (exact) mass is 444 g/mol. The van der Waals surface area contributed by atoms with E-state index in [1.54, 1.807) is 12.2 Å². The van der Waals surface area contributed by atoms with Crippen LogP contribution >= 0.6 is 0 Å². The van der Waals surface area contributed by atoms with Crippen molar-refractivity contribution in [3.63, 3.8) is 0 Å². The van der Waals surface area contributed by atoms with Gasteiger partial charge in [0.1, 0.15) is 5.56 Å². The molecule has 30 heavy (non-hydrogen) atoms. The molecule has 0 fully saturated rings. The number of methoxy groups -OCH3 is 2. The van der Waals surface area contributed by atoms with Crippen LogP contribution in [0.15, 0.2) is 28.2 Å². The molecule has 1 aromatic heterocycles. The number of imide groups is 1. The summed E-state index contributed by atoms with van der Waals surface area (Å²) in [4.78, 5) is 39.6. The summed E-state index contributed by atoms with van der Waals surface area (Å²) in [7, 11) is -1.03. The second kappa shape index (κ2) is 8.91. The lowest BCUT2D eigenvalue weighted by molar-refractivity contribution is -0.114. The maximum atomic E-state index is 13.5. The number of nitrogens with zero attached hydrogens (tertiary/aromatic N) is 4. The molecule has 3 N–H and O–H groups in total. The number of esters is 1. The van der Waals surface area contributed by atoms with Gasteiger partial charge in [0.25, 0.3) is 15.9 Å². The van der Waals surface area contributed by atoms with Crippen LogP contribution in [0.25, 0.3) is 0 Å². The molecule has 2 rings (SSSR count). The van der Waals surface area contributed by atoms with E-state index < -0.39 is 45.0 Å². The summed E-state index contributed by atoms with van der Waals surface area (Å²) in [6, 6.07) is -1.24. The minimum atomic E-state index is -4.70. The first-order valence-corrected chi connectivity index (χ1v) is 9.74. The average Bonchev–Trinajstić information content (AvgIpc) is 3.08. The third-order valence-electron chi connectivity index (χ3n) is 3.71. The highest BCUT2D eigenvalue weighted by atomic mass is 32.2. The van der Waals surface area contributed by atoms with Crippen LogP contribution < -0.4 is 11.1 Å². The first-order chi connectivity index (χ1) is 14.1. The molecule has 1 unspecified atom stereocenters. The zero-order chi connectivity index (χ0) is 22.6. The molecule has 2 heterocycles. The van der Waals surface area contributed by atoms with Crippen LogP contribution in [0.5, 0.6) is 0 Å². The smallest absolute Gasteiger partial charge is 0.342 e. The third kappa shape index (κ3) is 4.25. The summed E-state index contributed by atoms with van der Waals surface area (Å²) in [5.74, 6) is -3.12. The van der Waals surface area contributed by atoms with Gasteiger partial charge in [0, 0.05) is 20.2 Å². The number of carbonyl (C=O) groups excluding carboxylic acids is 3. The predicted molar refractivity (Wildman–Crippen MR) is 99.2 cm³/mol. The maximum Gasteiger partial charge on any atom is 0.342 e. The van der Waals surface area contributed by atoms with E-state index in [2.05, 4.69) is 10.1 Å². The Balaban J connectivity index is 2.68. The van der Waals surface area contributed by atoms with Crippen LogP contribution in [0.4, 0.5) is 4.79 Å². The topological polar surface area (TPSA) is 185 Å². The molecular weight excluding hydrogens is 424 g/mol.